The van der Waals surface area contributed by atoms with Crippen LogP contribution in [0.1, 0.15) is 16.8 Å². The lowest BCUT2D eigenvalue weighted by Gasteiger charge is -2.11. The molecule has 0 bridgehead atoms. The molecule has 2 N–H and O–H groups in total. The van der Waals surface area contributed by atoms with Crippen molar-refractivity contribution < 1.29 is 4.79 Å². The monoisotopic (exact) mass is 352 g/mol. The van der Waals surface area contributed by atoms with Crippen LogP contribution in [-0.2, 0) is 0 Å². The van der Waals surface area contributed by atoms with Crippen LogP contribution < -0.4 is 10.6 Å². The minimum atomic E-state index is -0.0775. The maximum Gasteiger partial charge on any atom is 0.252 e. The van der Waals surface area contributed by atoms with E-state index >= 15 is 0 Å². The van der Waals surface area contributed by atoms with Gasteiger partial charge in [0.2, 0.25) is 0 Å². The highest BCUT2D eigenvalue weighted by Gasteiger charge is 2.16. The summed E-state index contributed by atoms with van der Waals surface area (Å²) in [7, 11) is 0. The van der Waals surface area contributed by atoms with Crippen LogP contribution >= 0.6 is 39.9 Å². The van der Waals surface area contributed by atoms with Crippen molar-refractivity contribution in [3.05, 3.63) is 33.3 Å². The first-order valence-corrected chi connectivity index (χ1v) is 6.78. The Hall–Kier alpha value is -0.290. The zero-order chi connectivity index (χ0) is 12.3. The van der Waals surface area contributed by atoms with Gasteiger partial charge in [-0.1, -0.05) is 11.6 Å². The summed E-state index contributed by atoms with van der Waals surface area (Å²) in [6.07, 6.45) is 1.12. The zero-order valence-corrected chi connectivity index (χ0v) is 12.9. The minimum absolute atomic E-state index is 0. The summed E-state index contributed by atoms with van der Waals surface area (Å²) in [5, 5.41) is 6.79. The van der Waals surface area contributed by atoms with E-state index in [0.717, 1.165) is 24.0 Å². The molecule has 1 aliphatic rings. The van der Waals surface area contributed by atoms with Crippen molar-refractivity contribution >= 4 is 45.8 Å². The molecule has 1 heterocycles. The average molecular weight is 354 g/mol. The van der Waals surface area contributed by atoms with E-state index in [1.54, 1.807) is 18.2 Å². The molecule has 1 atom stereocenters. The first-order valence-electron chi connectivity index (χ1n) is 5.61. The number of carbonyl (C=O) groups excluding carboxylic acids is 1. The Labute approximate surface area is 126 Å². The molecule has 0 saturated carbocycles. The van der Waals surface area contributed by atoms with Crippen LogP contribution in [0, 0.1) is 5.92 Å². The van der Waals surface area contributed by atoms with E-state index in [1.165, 1.54) is 0 Å². The van der Waals surface area contributed by atoms with Gasteiger partial charge in [-0.2, -0.15) is 0 Å². The molecule has 1 amide bonds. The van der Waals surface area contributed by atoms with Gasteiger partial charge >= 0.3 is 0 Å². The first-order chi connectivity index (χ1) is 8.16. The van der Waals surface area contributed by atoms with Gasteiger partial charge < -0.3 is 10.6 Å². The zero-order valence-electron chi connectivity index (χ0n) is 9.71. The molecule has 3 nitrogen and oxygen atoms in total. The molecule has 6 heteroatoms. The fourth-order valence-corrected chi connectivity index (χ4v) is 2.49. The number of hydrogen-bond acceptors (Lipinski definition) is 2. The highest BCUT2D eigenvalue weighted by atomic mass is 79.9. The van der Waals surface area contributed by atoms with Gasteiger partial charge in [-0.05, 0) is 59.6 Å². The third-order valence-corrected chi connectivity index (χ3v) is 3.81. The molecule has 1 aromatic carbocycles. The fraction of sp³-hybridized carbons (Fsp3) is 0.417. The molecule has 0 radical (unpaired) electrons. The van der Waals surface area contributed by atoms with Crippen molar-refractivity contribution in [2.45, 2.75) is 6.42 Å². The summed E-state index contributed by atoms with van der Waals surface area (Å²) in [5.41, 5.74) is 0.587. The van der Waals surface area contributed by atoms with Gasteiger partial charge in [-0.25, -0.2) is 0 Å². The van der Waals surface area contributed by atoms with Crippen LogP contribution in [-0.4, -0.2) is 25.5 Å². The number of benzene rings is 1. The molecule has 1 aliphatic heterocycles. The normalized spacial score (nSPS) is 18.2. The number of carbonyl (C=O) groups is 1. The second-order valence-corrected chi connectivity index (χ2v) is 5.48. The van der Waals surface area contributed by atoms with E-state index in [1.807, 2.05) is 0 Å². The van der Waals surface area contributed by atoms with Crippen molar-refractivity contribution in [2.24, 2.45) is 5.92 Å². The molecular weight excluding hydrogens is 339 g/mol. The molecule has 18 heavy (non-hydrogen) atoms. The van der Waals surface area contributed by atoms with Crippen LogP contribution in [0.2, 0.25) is 5.02 Å². The predicted molar refractivity (Wildman–Crippen MR) is 79.7 cm³/mol. The Balaban J connectivity index is 0.00000162. The molecule has 100 valence electrons. The quantitative estimate of drug-likeness (QED) is 0.877. The van der Waals surface area contributed by atoms with E-state index in [9.17, 15) is 4.79 Å². The van der Waals surface area contributed by atoms with Crippen LogP contribution in [0.4, 0.5) is 0 Å². The summed E-state index contributed by atoms with van der Waals surface area (Å²) in [6.45, 7) is 2.74. The van der Waals surface area contributed by atoms with Crippen LogP contribution in [0.3, 0.4) is 0 Å². The number of rotatable bonds is 3. The molecular formula is C12H15BrCl2N2O. The molecule has 1 aromatic rings. The van der Waals surface area contributed by atoms with Crippen LogP contribution in [0.15, 0.2) is 22.7 Å². The highest BCUT2D eigenvalue weighted by Crippen LogP contribution is 2.21. The summed E-state index contributed by atoms with van der Waals surface area (Å²) in [4.78, 5) is 12.0. The smallest absolute Gasteiger partial charge is 0.252 e. The van der Waals surface area contributed by atoms with Crippen molar-refractivity contribution in [3.63, 3.8) is 0 Å². The number of nitrogens with one attached hydrogen (secondary N) is 2. The van der Waals surface area contributed by atoms with Gasteiger partial charge in [0.15, 0.2) is 0 Å². The highest BCUT2D eigenvalue weighted by molar-refractivity contribution is 9.10. The molecule has 1 fully saturated rings. The van der Waals surface area contributed by atoms with Crippen LogP contribution in [0.25, 0.3) is 0 Å². The average Bonchev–Trinajstić information content (AvgIpc) is 2.82. The molecule has 2 rings (SSSR count). The van der Waals surface area contributed by atoms with Gasteiger partial charge in [-0.15, -0.1) is 12.4 Å². The molecule has 1 unspecified atom stereocenters. The van der Waals surface area contributed by atoms with Crippen LogP contribution in [0.5, 0.6) is 0 Å². The molecule has 0 spiro atoms. The minimum Gasteiger partial charge on any atom is -0.352 e. The van der Waals surface area contributed by atoms with Gasteiger partial charge in [-0.3, -0.25) is 4.79 Å². The third-order valence-electron chi connectivity index (χ3n) is 2.89. The lowest BCUT2D eigenvalue weighted by atomic mass is 10.1. The van der Waals surface area contributed by atoms with E-state index in [4.69, 9.17) is 11.6 Å². The summed E-state index contributed by atoms with van der Waals surface area (Å²) >= 11 is 9.23. The molecule has 0 aromatic heterocycles. The second kappa shape index (κ2) is 7.34. The molecule has 0 aliphatic carbocycles. The van der Waals surface area contributed by atoms with Crippen molar-refractivity contribution in [3.8, 4) is 0 Å². The Morgan fingerprint density at radius 2 is 2.33 bits per heavy atom. The fourth-order valence-electron chi connectivity index (χ4n) is 1.89. The Bertz CT molecular complexity index is 423. The Morgan fingerprint density at radius 1 is 1.56 bits per heavy atom. The van der Waals surface area contributed by atoms with E-state index in [-0.39, 0.29) is 18.3 Å². The van der Waals surface area contributed by atoms with Crippen molar-refractivity contribution in [2.75, 3.05) is 19.6 Å². The second-order valence-electron chi connectivity index (χ2n) is 4.19. The standard InChI is InChI=1S/C12H14BrClN2O.ClH/c13-11-2-1-9(14)5-10(11)12(17)16-7-8-3-4-15-6-8;/h1-2,5,8,15H,3-4,6-7H2,(H,16,17);1H. The van der Waals surface area contributed by atoms with Crippen molar-refractivity contribution in [1.82, 2.24) is 10.6 Å². The number of halogens is 3. The first kappa shape index (κ1) is 15.8. The van der Waals surface area contributed by atoms with E-state index < -0.39 is 0 Å². The lowest BCUT2D eigenvalue weighted by Crippen LogP contribution is -2.30. The number of hydrogen-bond donors (Lipinski definition) is 2. The maximum absolute atomic E-state index is 12.0. The molecule has 1 saturated heterocycles. The maximum atomic E-state index is 12.0. The summed E-state index contributed by atoms with van der Waals surface area (Å²) in [5.74, 6) is 0.461. The Morgan fingerprint density at radius 3 is 3.00 bits per heavy atom. The lowest BCUT2D eigenvalue weighted by molar-refractivity contribution is 0.0947. The SMILES string of the molecule is Cl.O=C(NCC1CCNC1)c1cc(Cl)ccc1Br. The van der Waals surface area contributed by atoms with Gasteiger partial charge in [0.25, 0.3) is 5.91 Å². The topological polar surface area (TPSA) is 41.1 Å². The third kappa shape index (κ3) is 4.12. The van der Waals surface area contributed by atoms with Gasteiger partial charge in [0, 0.05) is 16.0 Å². The number of amides is 1. The van der Waals surface area contributed by atoms with Gasteiger partial charge in [0.05, 0.1) is 5.56 Å². The Kier molecular flexibility index (Phi) is 6.43. The summed E-state index contributed by atoms with van der Waals surface area (Å²) < 4.78 is 0.768. The summed E-state index contributed by atoms with van der Waals surface area (Å²) in [6, 6.07) is 5.21. The van der Waals surface area contributed by atoms with Crippen molar-refractivity contribution in [1.29, 1.82) is 0 Å². The van der Waals surface area contributed by atoms with E-state index in [2.05, 4.69) is 26.6 Å². The largest absolute Gasteiger partial charge is 0.352 e. The predicted octanol–water partition coefficient (Wildman–Crippen LogP) is 2.86. The van der Waals surface area contributed by atoms with Gasteiger partial charge in [0.1, 0.15) is 0 Å². The van der Waals surface area contributed by atoms with E-state index in [0.29, 0.717) is 23.0 Å².